The lowest BCUT2D eigenvalue weighted by Crippen LogP contribution is -2.33. The summed E-state index contributed by atoms with van der Waals surface area (Å²) < 4.78 is 5.75. The molecule has 0 radical (unpaired) electrons. The number of phenols is 1. The third kappa shape index (κ3) is 3.64. The molecule has 8 heteroatoms. The Bertz CT molecular complexity index is 865. The van der Waals surface area contributed by atoms with E-state index in [2.05, 4.69) is 0 Å². The first-order valence-corrected chi connectivity index (χ1v) is 7.89. The number of benzene rings is 2. The number of para-hydroxylation sites is 1. The molecule has 0 aliphatic heterocycles. The van der Waals surface area contributed by atoms with Crippen molar-refractivity contribution in [1.82, 2.24) is 4.90 Å². The fraction of sp³-hybridized carbons (Fsp3) is 0.222. The molecule has 0 aromatic heterocycles. The molecular formula is C18H22N4O4. The van der Waals surface area contributed by atoms with Gasteiger partial charge in [-0.3, -0.25) is 9.59 Å². The van der Waals surface area contributed by atoms with Crippen molar-refractivity contribution >= 4 is 23.2 Å². The highest BCUT2D eigenvalue weighted by atomic mass is 16.5. The number of nitrogen functional groups attached to an aromatic ring is 2. The molecule has 0 heterocycles. The molecule has 0 atom stereocenters. The summed E-state index contributed by atoms with van der Waals surface area (Å²) in [6, 6.07) is 7.34. The lowest BCUT2D eigenvalue weighted by atomic mass is 10.1. The molecule has 0 saturated heterocycles. The highest BCUT2D eigenvalue weighted by Crippen LogP contribution is 2.36. The quantitative estimate of drug-likeness (QED) is 0.474. The molecule has 0 unspecified atom stereocenters. The number of ether oxygens (including phenoxy) is 1. The zero-order chi connectivity index (χ0) is 19.6. The predicted molar refractivity (Wildman–Crippen MR) is 99.2 cm³/mol. The van der Waals surface area contributed by atoms with Gasteiger partial charge in [-0.15, -0.1) is 0 Å². The van der Waals surface area contributed by atoms with E-state index in [4.69, 9.17) is 21.9 Å². The Kier molecular flexibility index (Phi) is 5.25. The van der Waals surface area contributed by atoms with Crippen LogP contribution in [-0.4, -0.2) is 34.9 Å². The SMILES string of the molecule is CC(C)N(C)C(=O)c1cccc(N)c1Oc1cc(N)c(O)c(C(N)=O)c1. The van der Waals surface area contributed by atoms with E-state index in [9.17, 15) is 14.7 Å². The molecule has 0 aliphatic rings. The number of amides is 2. The van der Waals surface area contributed by atoms with Gasteiger partial charge < -0.3 is 31.9 Å². The van der Waals surface area contributed by atoms with E-state index >= 15 is 0 Å². The van der Waals surface area contributed by atoms with Crippen LogP contribution in [0.4, 0.5) is 11.4 Å². The highest BCUT2D eigenvalue weighted by Gasteiger charge is 2.22. The molecule has 138 valence electrons. The first kappa shape index (κ1) is 18.9. The summed E-state index contributed by atoms with van der Waals surface area (Å²) in [5, 5.41) is 9.82. The van der Waals surface area contributed by atoms with Gasteiger partial charge in [0.2, 0.25) is 0 Å². The van der Waals surface area contributed by atoms with E-state index in [0.29, 0.717) is 0 Å². The van der Waals surface area contributed by atoms with Gasteiger partial charge in [-0.2, -0.15) is 0 Å². The highest BCUT2D eigenvalue weighted by molar-refractivity contribution is 5.99. The van der Waals surface area contributed by atoms with Crippen LogP contribution in [0.1, 0.15) is 34.6 Å². The molecule has 2 rings (SSSR count). The Morgan fingerprint density at radius 1 is 1.12 bits per heavy atom. The van der Waals surface area contributed by atoms with Gasteiger partial charge in [0.25, 0.3) is 11.8 Å². The van der Waals surface area contributed by atoms with Crippen LogP contribution in [0.5, 0.6) is 17.2 Å². The topological polar surface area (TPSA) is 145 Å². The van der Waals surface area contributed by atoms with Crippen molar-refractivity contribution in [2.24, 2.45) is 5.73 Å². The summed E-state index contributed by atoms with van der Waals surface area (Å²) in [5.41, 5.74) is 17.1. The number of nitrogens with zero attached hydrogens (tertiary/aromatic N) is 1. The van der Waals surface area contributed by atoms with E-state index in [-0.39, 0.29) is 45.9 Å². The molecule has 0 spiro atoms. The standard InChI is InChI=1S/C18H22N4O4/c1-9(2)22(3)18(25)11-5-4-6-13(19)16(11)26-10-7-12(17(21)24)15(23)14(20)8-10/h4-9,23H,19-20H2,1-3H3,(H2,21,24). The molecule has 0 saturated carbocycles. The van der Waals surface area contributed by atoms with E-state index in [1.165, 1.54) is 12.1 Å². The molecule has 0 bridgehead atoms. The Balaban J connectivity index is 2.51. The van der Waals surface area contributed by atoms with Crippen molar-refractivity contribution in [2.45, 2.75) is 19.9 Å². The third-order valence-corrected chi connectivity index (χ3v) is 3.97. The maximum atomic E-state index is 12.7. The Morgan fingerprint density at radius 2 is 1.77 bits per heavy atom. The van der Waals surface area contributed by atoms with E-state index in [0.717, 1.165) is 0 Å². The molecule has 0 aliphatic carbocycles. The number of rotatable bonds is 5. The predicted octanol–water partition coefficient (Wildman–Crippen LogP) is 1.93. The van der Waals surface area contributed by atoms with Gasteiger partial charge in [-0.05, 0) is 32.0 Å². The van der Waals surface area contributed by atoms with Crippen LogP contribution >= 0.6 is 0 Å². The third-order valence-electron chi connectivity index (χ3n) is 3.97. The van der Waals surface area contributed by atoms with Crippen molar-refractivity contribution in [3.8, 4) is 17.2 Å². The van der Waals surface area contributed by atoms with Crippen molar-refractivity contribution in [1.29, 1.82) is 0 Å². The van der Waals surface area contributed by atoms with Crippen LogP contribution in [0, 0.1) is 0 Å². The second-order valence-corrected chi connectivity index (χ2v) is 6.11. The maximum Gasteiger partial charge on any atom is 0.257 e. The Labute approximate surface area is 151 Å². The normalized spacial score (nSPS) is 10.6. The van der Waals surface area contributed by atoms with Gasteiger partial charge in [0.05, 0.1) is 22.5 Å². The van der Waals surface area contributed by atoms with E-state index in [1.54, 1.807) is 30.1 Å². The minimum Gasteiger partial charge on any atom is -0.505 e. The zero-order valence-corrected chi connectivity index (χ0v) is 14.8. The summed E-state index contributed by atoms with van der Waals surface area (Å²) in [6.45, 7) is 3.76. The van der Waals surface area contributed by atoms with Crippen LogP contribution < -0.4 is 21.9 Å². The Hall–Kier alpha value is -3.42. The molecule has 8 nitrogen and oxygen atoms in total. The maximum absolute atomic E-state index is 12.7. The fourth-order valence-corrected chi connectivity index (χ4v) is 2.26. The number of hydrogen-bond acceptors (Lipinski definition) is 6. The van der Waals surface area contributed by atoms with Crippen LogP contribution in [-0.2, 0) is 0 Å². The molecule has 2 aromatic carbocycles. The zero-order valence-electron chi connectivity index (χ0n) is 14.8. The number of nitrogens with two attached hydrogens (primary N) is 3. The van der Waals surface area contributed by atoms with Gasteiger partial charge >= 0.3 is 0 Å². The van der Waals surface area contributed by atoms with Gasteiger partial charge in [-0.25, -0.2) is 0 Å². The number of carbonyl (C=O) groups excluding carboxylic acids is 2. The average Bonchev–Trinajstić information content (AvgIpc) is 2.57. The van der Waals surface area contributed by atoms with Crippen LogP contribution in [0.3, 0.4) is 0 Å². The van der Waals surface area contributed by atoms with E-state index < -0.39 is 11.7 Å². The summed E-state index contributed by atoms with van der Waals surface area (Å²) in [5.74, 6) is -1.32. The van der Waals surface area contributed by atoms with Crippen molar-refractivity contribution in [2.75, 3.05) is 18.5 Å². The van der Waals surface area contributed by atoms with Gasteiger partial charge in [0.15, 0.2) is 11.5 Å². The fourth-order valence-electron chi connectivity index (χ4n) is 2.26. The average molecular weight is 358 g/mol. The van der Waals surface area contributed by atoms with Crippen LogP contribution in [0.2, 0.25) is 0 Å². The number of aromatic hydroxyl groups is 1. The lowest BCUT2D eigenvalue weighted by molar-refractivity contribution is 0.0752. The second kappa shape index (κ2) is 7.22. The first-order valence-electron chi connectivity index (χ1n) is 7.89. The van der Waals surface area contributed by atoms with Crippen LogP contribution in [0.25, 0.3) is 0 Å². The smallest absolute Gasteiger partial charge is 0.257 e. The molecule has 2 aromatic rings. The number of anilines is 2. The van der Waals surface area contributed by atoms with Gasteiger partial charge in [0, 0.05) is 19.2 Å². The number of hydrogen-bond donors (Lipinski definition) is 4. The molecular weight excluding hydrogens is 336 g/mol. The summed E-state index contributed by atoms with van der Waals surface area (Å²) in [7, 11) is 1.67. The second-order valence-electron chi connectivity index (χ2n) is 6.11. The van der Waals surface area contributed by atoms with Gasteiger partial charge in [0.1, 0.15) is 5.75 Å². The summed E-state index contributed by atoms with van der Waals surface area (Å²) in [6.07, 6.45) is 0. The lowest BCUT2D eigenvalue weighted by Gasteiger charge is -2.23. The molecule has 26 heavy (non-hydrogen) atoms. The number of primary amides is 1. The minimum absolute atomic E-state index is 0.0254. The van der Waals surface area contributed by atoms with Gasteiger partial charge in [-0.1, -0.05) is 6.07 Å². The monoisotopic (exact) mass is 358 g/mol. The summed E-state index contributed by atoms with van der Waals surface area (Å²) in [4.78, 5) is 25.7. The Morgan fingerprint density at radius 3 is 2.35 bits per heavy atom. The van der Waals surface area contributed by atoms with Crippen LogP contribution in [0.15, 0.2) is 30.3 Å². The van der Waals surface area contributed by atoms with Crippen molar-refractivity contribution in [3.63, 3.8) is 0 Å². The summed E-state index contributed by atoms with van der Waals surface area (Å²) >= 11 is 0. The van der Waals surface area contributed by atoms with Crippen molar-refractivity contribution < 1.29 is 19.4 Å². The molecule has 2 amide bonds. The molecule has 7 N–H and O–H groups in total. The number of carbonyl (C=O) groups is 2. The minimum atomic E-state index is -0.864. The van der Waals surface area contributed by atoms with E-state index in [1.807, 2.05) is 13.8 Å². The van der Waals surface area contributed by atoms with Crippen molar-refractivity contribution in [3.05, 3.63) is 41.5 Å². The largest absolute Gasteiger partial charge is 0.505 e. The first-order chi connectivity index (χ1) is 12.1. The molecule has 0 fully saturated rings.